The number of nitrogens with one attached hydrogen (secondary N) is 1. The van der Waals surface area contributed by atoms with Crippen LogP contribution in [0.3, 0.4) is 0 Å². The zero-order valence-corrected chi connectivity index (χ0v) is 23.2. The number of sulfone groups is 1. The van der Waals surface area contributed by atoms with Gasteiger partial charge < -0.3 is 19.9 Å². The van der Waals surface area contributed by atoms with Gasteiger partial charge in [0.05, 0.1) is 42.3 Å². The maximum atomic E-state index is 13.9. The second kappa shape index (κ2) is 12.9. The molecule has 2 N–H and O–H groups in total. The highest BCUT2D eigenvalue weighted by atomic mass is 32.2. The number of rotatable bonds is 14. The molecule has 2 aromatic rings. The van der Waals surface area contributed by atoms with Crippen LogP contribution in [0.2, 0.25) is 0 Å². The summed E-state index contributed by atoms with van der Waals surface area (Å²) in [6, 6.07) is 6.83. The highest BCUT2D eigenvalue weighted by Gasteiger charge is 2.44. The molecule has 3 amide bonds. The Morgan fingerprint density at radius 2 is 1.82 bits per heavy atom. The van der Waals surface area contributed by atoms with Crippen molar-refractivity contribution in [2.24, 2.45) is 0 Å². The summed E-state index contributed by atoms with van der Waals surface area (Å²) in [5, 5.41) is 11.7. The van der Waals surface area contributed by atoms with Crippen molar-refractivity contribution in [1.29, 1.82) is 0 Å². The van der Waals surface area contributed by atoms with Gasteiger partial charge in [-0.15, -0.1) is 0 Å². The van der Waals surface area contributed by atoms with Crippen LogP contribution in [0, 0.1) is 0 Å². The van der Waals surface area contributed by atoms with Crippen molar-refractivity contribution in [3.63, 3.8) is 0 Å². The first-order valence-corrected chi connectivity index (χ1v) is 14.7. The van der Waals surface area contributed by atoms with Crippen LogP contribution in [0.25, 0.3) is 0 Å². The predicted octanol–water partition coefficient (Wildman–Crippen LogP) is 3.31. The summed E-state index contributed by atoms with van der Waals surface area (Å²) in [6.45, 7) is 5.59. The monoisotopic (exact) mass is 558 g/mol. The Morgan fingerprint density at radius 1 is 1.10 bits per heavy atom. The number of aliphatic hydroxyl groups is 1. The number of aliphatic hydroxyl groups excluding tert-OH is 1. The molecule has 0 saturated carbocycles. The number of amides is 3. The fourth-order valence-electron chi connectivity index (χ4n) is 4.60. The molecular formula is C28H34N2O8S. The molecule has 0 aromatic heterocycles. The summed E-state index contributed by atoms with van der Waals surface area (Å²) in [4.78, 5) is 40.9. The van der Waals surface area contributed by atoms with E-state index in [1.807, 2.05) is 0 Å². The number of carbonyl (C=O) groups excluding carboxylic acids is 3. The van der Waals surface area contributed by atoms with Crippen LogP contribution in [-0.2, 0) is 21.1 Å². The molecule has 210 valence electrons. The summed E-state index contributed by atoms with van der Waals surface area (Å²) < 4.78 is 36.0. The van der Waals surface area contributed by atoms with Crippen molar-refractivity contribution >= 4 is 33.2 Å². The van der Waals surface area contributed by atoms with E-state index in [9.17, 15) is 22.8 Å². The third-order valence-corrected chi connectivity index (χ3v) is 7.27. The van der Waals surface area contributed by atoms with Crippen molar-refractivity contribution in [1.82, 2.24) is 4.90 Å². The van der Waals surface area contributed by atoms with Crippen molar-refractivity contribution in [2.45, 2.75) is 38.6 Å². The lowest BCUT2D eigenvalue weighted by Gasteiger charge is -2.27. The van der Waals surface area contributed by atoms with Crippen LogP contribution >= 0.6 is 0 Å². The minimum absolute atomic E-state index is 0.00639. The van der Waals surface area contributed by atoms with E-state index in [-0.39, 0.29) is 23.4 Å². The maximum Gasteiger partial charge on any atom is 0.264 e. The number of imide groups is 1. The molecular weight excluding hydrogens is 524 g/mol. The van der Waals surface area contributed by atoms with Gasteiger partial charge in [-0.2, -0.15) is 0 Å². The first-order chi connectivity index (χ1) is 18.6. The van der Waals surface area contributed by atoms with Crippen LogP contribution in [0.5, 0.6) is 11.5 Å². The van der Waals surface area contributed by atoms with E-state index in [2.05, 4.69) is 11.9 Å². The van der Waals surface area contributed by atoms with Gasteiger partial charge in [-0.1, -0.05) is 25.1 Å². The largest absolute Gasteiger partial charge is 0.493 e. The summed E-state index contributed by atoms with van der Waals surface area (Å²) in [7, 11) is -2.20. The van der Waals surface area contributed by atoms with Gasteiger partial charge in [0.2, 0.25) is 5.91 Å². The van der Waals surface area contributed by atoms with Gasteiger partial charge in [0.15, 0.2) is 11.5 Å². The number of benzene rings is 2. The molecule has 1 atom stereocenters. The lowest BCUT2D eigenvalue weighted by molar-refractivity contribution is -0.111. The molecule has 0 bridgehead atoms. The Kier molecular flexibility index (Phi) is 9.87. The van der Waals surface area contributed by atoms with Gasteiger partial charge in [0, 0.05) is 12.9 Å². The molecule has 0 saturated heterocycles. The van der Waals surface area contributed by atoms with Gasteiger partial charge in [-0.3, -0.25) is 19.3 Å². The van der Waals surface area contributed by atoms with Crippen molar-refractivity contribution in [3.05, 3.63) is 65.2 Å². The average molecular weight is 559 g/mol. The Labute approximate surface area is 228 Å². The number of hydrogen-bond acceptors (Lipinski definition) is 8. The number of ether oxygens (including phenoxy) is 2. The van der Waals surface area contributed by atoms with Crippen LogP contribution in [0.1, 0.15) is 64.1 Å². The van der Waals surface area contributed by atoms with Crippen LogP contribution in [0.15, 0.2) is 43.0 Å². The molecule has 1 aliphatic heterocycles. The summed E-state index contributed by atoms with van der Waals surface area (Å²) in [6.07, 6.45) is 4.52. The van der Waals surface area contributed by atoms with Gasteiger partial charge in [-0.05, 0) is 61.6 Å². The molecule has 0 fully saturated rings. The first kappa shape index (κ1) is 29.9. The number of carbonyl (C=O) groups is 3. The number of nitrogens with zero attached hydrogens (tertiary/aromatic N) is 1. The maximum absolute atomic E-state index is 13.9. The lowest BCUT2D eigenvalue weighted by atomic mass is 9.96. The van der Waals surface area contributed by atoms with Crippen LogP contribution < -0.4 is 14.8 Å². The molecule has 3 rings (SSSR count). The molecule has 0 unspecified atom stereocenters. The Hall–Kier alpha value is -3.70. The topological polar surface area (TPSA) is 139 Å². The summed E-state index contributed by atoms with van der Waals surface area (Å²) >= 11 is 0. The fourth-order valence-corrected chi connectivity index (χ4v) is 5.52. The van der Waals surface area contributed by atoms with Crippen LogP contribution in [0.4, 0.5) is 5.69 Å². The van der Waals surface area contributed by atoms with Gasteiger partial charge in [0.1, 0.15) is 9.84 Å². The molecule has 1 heterocycles. The smallest absolute Gasteiger partial charge is 0.264 e. The second-order valence-corrected chi connectivity index (χ2v) is 11.4. The quantitative estimate of drug-likeness (QED) is 0.205. The highest BCUT2D eigenvalue weighted by molar-refractivity contribution is 7.90. The molecule has 39 heavy (non-hydrogen) atoms. The van der Waals surface area contributed by atoms with E-state index in [4.69, 9.17) is 14.6 Å². The van der Waals surface area contributed by atoms with Crippen molar-refractivity contribution in [3.8, 4) is 11.5 Å². The molecule has 1 aliphatic rings. The average Bonchev–Trinajstić information content (AvgIpc) is 3.16. The third-order valence-electron chi connectivity index (χ3n) is 6.35. The van der Waals surface area contributed by atoms with Gasteiger partial charge in [0.25, 0.3) is 11.8 Å². The Bertz CT molecular complexity index is 1370. The van der Waals surface area contributed by atoms with E-state index < -0.39 is 39.4 Å². The third kappa shape index (κ3) is 6.85. The van der Waals surface area contributed by atoms with E-state index in [0.29, 0.717) is 48.5 Å². The Morgan fingerprint density at radius 3 is 2.44 bits per heavy atom. The van der Waals surface area contributed by atoms with Gasteiger partial charge in [-0.25, -0.2) is 8.42 Å². The molecule has 0 aliphatic carbocycles. The second-order valence-electron chi connectivity index (χ2n) is 9.18. The number of anilines is 1. The number of aryl methyl sites for hydroxylation is 1. The number of methoxy groups -OCH3 is 1. The molecule has 10 nitrogen and oxygen atoms in total. The van der Waals surface area contributed by atoms with Gasteiger partial charge >= 0.3 is 0 Å². The first-order valence-electron chi connectivity index (χ1n) is 12.6. The van der Waals surface area contributed by atoms with Crippen molar-refractivity contribution < 1.29 is 37.4 Å². The summed E-state index contributed by atoms with van der Waals surface area (Å²) in [5.41, 5.74) is 1.25. The van der Waals surface area contributed by atoms with Crippen LogP contribution in [-0.4, -0.2) is 68.5 Å². The zero-order valence-electron chi connectivity index (χ0n) is 22.4. The standard InChI is InChI=1S/C28H34N2O8S/c1-5-24(32)29-20-13-11-18(10-8-7-9-15-31)25-26(20)28(34)30(27(25)33)21(17-39(4,35)36)19-12-14-22(37-3)23(16-19)38-6-2/h5,11-14,16,21,31H,1,6-10,15,17H2,2-4H3,(H,29,32)/t21-/m1/s1. The molecule has 11 heteroatoms. The van der Waals surface area contributed by atoms with E-state index in [1.54, 1.807) is 37.3 Å². The number of fused-ring (bicyclic) bond motifs is 1. The Balaban J connectivity index is 2.16. The molecule has 0 spiro atoms. The number of unbranched alkanes of at least 4 members (excludes halogenated alkanes) is 2. The summed E-state index contributed by atoms with van der Waals surface area (Å²) in [5.74, 6) is -1.68. The fraction of sp³-hybridized carbons (Fsp3) is 0.393. The van der Waals surface area contributed by atoms with E-state index >= 15 is 0 Å². The molecule has 2 aromatic carbocycles. The van der Waals surface area contributed by atoms with E-state index in [0.717, 1.165) is 23.7 Å². The predicted molar refractivity (Wildman–Crippen MR) is 147 cm³/mol. The normalized spacial score (nSPS) is 13.7. The SMILES string of the molecule is C=CC(=O)Nc1ccc(CCCCCO)c2c1C(=O)N([C@H](CS(C)(=O)=O)c1ccc(OC)c(OCC)c1)C2=O. The molecule has 0 radical (unpaired) electrons. The minimum atomic E-state index is -3.67. The lowest BCUT2D eigenvalue weighted by Crippen LogP contribution is -2.38. The number of hydrogen-bond donors (Lipinski definition) is 2. The highest BCUT2D eigenvalue weighted by Crippen LogP contribution is 2.40. The zero-order chi connectivity index (χ0) is 28.7. The van der Waals surface area contributed by atoms with Crippen molar-refractivity contribution in [2.75, 3.05) is 37.6 Å². The van der Waals surface area contributed by atoms with E-state index in [1.165, 1.54) is 7.11 Å². The minimum Gasteiger partial charge on any atom is -0.493 e.